The van der Waals surface area contributed by atoms with Gasteiger partial charge in [0, 0.05) is 5.56 Å². The van der Waals surface area contributed by atoms with Crippen LogP contribution in [0.3, 0.4) is 0 Å². The number of rotatable bonds is 5. The number of ketones is 1. The number of aryl methyl sites for hydroxylation is 1. The molecule has 0 spiro atoms. The second-order valence-electron chi connectivity index (χ2n) is 4.24. The summed E-state index contributed by atoms with van der Waals surface area (Å²) in [5.74, 6) is -0.131. The highest BCUT2D eigenvalue weighted by atomic mass is 19.3. The van der Waals surface area contributed by atoms with E-state index in [2.05, 4.69) is 0 Å². The molecule has 0 aliphatic carbocycles. The van der Waals surface area contributed by atoms with Crippen LogP contribution in [0, 0.1) is 6.92 Å². The lowest BCUT2D eigenvalue weighted by Gasteiger charge is -2.23. The summed E-state index contributed by atoms with van der Waals surface area (Å²) < 4.78 is 24.4. The number of carbonyl (C=O) groups is 1. The van der Waals surface area contributed by atoms with Crippen LogP contribution in [-0.4, -0.2) is 36.7 Å². The molecule has 1 aromatic rings. The molecule has 0 fully saturated rings. The molecule has 1 unspecified atom stereocenters. The minimum absolute atomic E-state index is 0.131. The molecule has 0 bridgehead atoms. The third-order valence-electron chi connectivity index (χ3n) is 2.80. The van der Waals surface area contributed by atoms with Gasteiger partial charge in [0.25, 0.3) is 6.43 Å². The number of hydrogen-bond acceptors (Lipinski definition) is 2. The molecule has 2 nitrogen and oxygen atoms in total. The molecule has 0 aliphatic rings. The summed E-state index contributed by atoms with van der Waals surface area (Å²) in [4.78, 5) is 13.4. The van der Waals surface area contributed by atoms with Crippen molar-refractivity contribution in [3.8, 4) is 0 Å². The Balaban J connectivity index is 2.72. The fourth-order valence-electron chi connectivity index (χ4n) is 1.54. The number of likely N-dealkylation sites (N-methyl/N-ethyl adjacent to an activating group) is 1. The third-order valence-corrected chi connectivity index (χ3v) is 2.80. The number of halogens is 2. The first-order valence-electron chi connectivity index (χ1n) is 5.51. The van der Waals surface area contributed by atoms with Gasteiger partial charge in [-0.3, -0.25) is 9.69 Å². The van der Waals surface area contributed by atoms with Gasteiger partial charge in [0.05, 0.1) is 12.6 Å². The number of hydrogen-bond donors (Lipinski definition) is 0. The Kier molecular flexibility index (Phi) is 4.75. The molecule has 0 saturated heterocycles. The zero-order valence-electron chi connectivity index (χ0n) is 10.3. The summed E-state index contributed by atoms with van der Waals surface area (Å²) in [6.07, 6.45) is -2.42. The SMILES string of the molecule is Cc1ccc(C(=O)C(C)N(C)CC(F)F)cc1. The average Bonchev–Trinajstić information content (AvgIpc) is 2.27. The quantitative estimate of drug-likeness (QED) is 0.739. The fraction of sp³-hybridized carbons (Fsp3) is 0.462. The Hall–Kier alpha value is -1.29. The third kappa shape index (κ3) is 3.89. The molecule has 94 valence electrons. The molecule has 0 aromatic heterocycles. The normalized spacial score (nSPS) is 13.1. The van der Waals surface area contributed by atoms with Crippen LogP contribution in [0.15, 0.2) is 24.3 Å². The molecule has 0 radical (unpaired) electrons. The van der Waals surface area contributed by atoms with Crippen molar-refractivity contribution in [1.82, 2.24) is 4.90 Å². The smallest absolute Gasteiger partial charge is 0.251 e. The maximum atomic E-state index is 12.2. The predicted molar refractivity (Wildman–Crippen MR) is 63.6 cm³/mol. The molecule has 1 rings (SSSR count). The lowest BCUT2D eigenvalue weighted by Crippen LogP contribution is -2.38. The molecule has 0 N–H and O–H groups in total. The summed E-state index contributed by atoms with van der Waals surface area (Å²) >= 11 is 0. The van der Waals surface area contributed by atoms with Gasteiger partial charge < -0.3 is 0 Å². The van der Waals surface area contributed by atoms with Crippen LogP contribution in [0.5, 0.6) is 0 Å². The first-order valence-corrected chi connectivity index (χ1v) is 5.51. The minimum atomic E-state index is -2.42. The second kappa shape index (κ2) is 5.87. The van der Waals surface area contributed by atoms with E-state index in [1.165, 1.54) is 11.9 Å². The molecule has 0 saturated carbocycles. The van der Waals surface area contributed by atoms with E-state index in [0.717, 1.165) is 5.56 Å². The van der Waals surface area contributed by atoms with Gasteiger partial charge in [-0.2, -0.15) is 0 Å². The monoisotopic (exact) mass is 241 g/mol. The summed E-state index contributed by atoms with van der Waals surface area (Å²) in [5, 5.41) is 0. The first kappa shape index (κ1) is 13.8. The summed E-state index contributed by atoms with van der Waals surface area (Å²) in [5.41, 5.74) is 1.62. The van der Waals surface area contributed by atoms with Crippen LogP contribution in [0.2, 0.25) is 0 Å². The molecular formula is C13H17F2NO. The van der Waals surface area contributed by atoms with Crippen LogP contribution in [0.25, 0.3) is 0 Å². The average molecular weight is 241 g/mol. The van der Waals surface area contributed by atoms with E-state index >= 15 is 0 Å². The molecule has 17 heavy (non-hydrogen) atoms. The molecular weight excluding hydrogens is 224 g/mol. The molecule has 0 heterocycles. The zero-order valence-corrected chi connectivity index (χ0v) is 10.3. The van der Waals surface area contributed by atoms with Crippen molar-refractivity contribution in [3.05, 3.63) is 35.4 Å². The molecule has 0 amide bonds. The Morgan fingerprint density at radius 1 is 1.29 bits per heavy atom. The largest absolute Gasteiger partial charge is 0.292 e. The lowest BCUT2D eigenvalue weighted by atomic mass is 10.0. The molecule has 1 atom stereocenters. The van der Waals surface area contributed by atoms with Crippen molar-refractivity contribution in [1.29, 1.82) is 0 Å². The van der Waals surface area contributed by atoms with Gasteiger partial charge in [0.2, 0.25) is 0 Å². The Bertz CT molecular complexity index is 376. The van der Waals surface area contributed by atoms with E-state index in [1.54, 1.807) is 19.1 Å². The van der Waals surface area contributed by atoms with E-state index in [9.17, 15) is 13.6 Å². The predicted octanol–water partition coefficient (Wildman–Crippen LogP) is 2.76. The number of Topliss-reactive ketones (excluding diaryl/α,β-unsaturated/α-hetero) is 1. The van der Waals surface area contributed by atoms with Gasteiger partial charge in [-0.1, -0.05) is 29.8 Å². The summed E-state index contributed by atoms with van der Waals surface area (Å²) in [6.45, 7) is 3.18. The highest BCUT2D eigenvalue weighted by Crippen LogP contribution is 2.10. The van der Waals surface area contributed by atoms with Gasteiger partial charge in [-0.05, 0) is 20.9 Å². The van der Waals surface area contributed by atoms with Gasteiger partial charge >= 0.3 is 0 Å². The minimum Gasteiger partial charge on any atom is -0.292 e. The Morgan fingerprint density at radius 3 is 2.29 bits per heavy atom. The van der Waals surface area contributed by atoms with Crippen LogP contribution < -0.4 is 0 Å². The van der Waals surface area contributed by atoms with Gasteiger partial charge in [0.1, 0.15) is 0 Å². The highest BCUT2D eigenvalue weighted by Gasteiger charge is 2.21. The second-order valence-corrected chi connectivity index (χ2v) is 4.24. The molecule has 0 aliphatic heterocycles. The number of nitrogens with zero attached hydrogens (tertiary/aromatic N) is 1. The van der Waals surface area contributed by atoms with Crippen molar-refractivity contribution in [2.24, 2.45) is 0 Å². The van der Waals surface area contributed by atoms with Crippen molar-refractivity contribution in [2.75, 3.05) is 13.6 Å². The lowest BCUT2D eigenvalue weighted by molar-refractivity contribution is 0.0679. The summed E-state index contributed by atoms with van der Waals surface area (Å²) in [6, 6.07) is 6.60. The molecule has 4 heteroatoms. The maximum absolute atomic E-state index is 12.2. The van der Waals surface area contributed by atoms with E-state index in [-0.39, 0.29) is 5.78 Å². The fourth-order valence-corrected chi connectivity index (χ4v) is 1.54. The number of alkyl halides is 2. The van der Waals surface area contributed by atoms with Crippen LogP contribution in [0.1, 0.15) is 22.8 Å². The molecule has 1 aromatic carbocycles. The van der Waals surface area contributed by atoms with Crippen molar-refractivity contribution >= 4 is 5.78 Å². The van der Waals surface area contributed by atoms with Crippen molar-refractivity contribution < 1.29 is 13.6 Å². The van der Waals surface area contributed by atoms with Crippen LogP contribution in [0.4, 0.5) is 8.78 Å². The number of benzene rings is 1. The Labute approximate surface area is 100 Å². The van der Waals surface area contributed by atoms with Gasteiger partial charge in [-0.25, -0.2) is 8.78 Å². The van der Waals surface area contributed by atoms with Crippen molar-refractivity contribution in [2.45, 2.75) is 26.3 Å². The first-order chi connectivity index (χ1) is 7.91. The van der Waals surface area contributed by atoms with Crippen LogP contribution >= 0.6 is 0 Å². The highest BCUT2D eigenvalue weighted by molar-refractivity contribution is 5.99. The zero-order chi connectivity index (χ0) is 13.0. The summed E-state index contributed by atoms with van der Waals surface area (Å²) in [7, 11) is 1.53. The van der Waals surface area contributed by atoms with E-state index in [4.69, 9.17) is 0 Å². The van der Waals surface area contributed by atoms with E-state index in [1.807, 2.05) is 19.1 Å². The van der Waals surface area contributed by atoms with Gasteiger partial charge in [0.15, 0.2) is 5.78 Å². The van der Waals surface area contributed by atoms with Crippen LogP contribution in [-0.2, 0) is 0 Å². The van der Waals surface area contributed by atoms with Gasteiger partial charge in [-0.15, -0.1) is 0 Å². The standard InChI is InChI=1S/C13H17F2NO/c1-9-4-6-11(7-5-9)13(17)10(2)16(3)8-12(14)15/h4-7,10,12H,8H2,1-3H3. The van der Waals surface area contributed by atoms with E-state index < -0.39 is 19.0 Å². The topological polar surface area (TPSA) is 20.3 Å². The number of carbonyl (C=O) groups excluding carboxylic acids is 1. The van der Waals surface area contributed by atoms with Crippen molar-refractivity contribution in [3.63, 3.8) is 0 Å². The maximum Gasteiger partial charge on any atom is 0.251 e. The van der Waals surface area contributed by atoms with E-state index in [0.29, 0.717) is 5.56 Å². The Morgan fingerprint density at radius 2 is 1.82 bits per heavy atom.